The number of nitrogens with zero attached hydrogens (tertiary/aromatic N) is 2. The number of aromatic hydroxyl groups is 2. The monoisotopic (exact) mass is 278 g/mol. The zero-order valence-electron chi connectivity index (χ0n) is 9.51. The minimum Gasteiger partial charge on any atom is -0.507 e. The van der Waals surface area contributed by atoms with Crippen LogP contribution in [0.25, 0.3) is 16.6 Å². The summed E-state index contributed by atoms with van der Waals surface area (Å²) in [5, 5.41) is 23.9. The quantitative estimate of drug-likeness (QED) is 0.718. The number of fused-ring (bicyclic) bond motifs is 1. The summed E-state index contributed by atoms with van der Waals surface area (Å²) in [7, 11) is 0. The van der Waals surface area contributed by atoms with Crippen LogP contribution in [0, 0.1) is 5.82 Å². The molecule has 19 heavy (non-hydrogen) atoms. The van der Waals surface area contributed by atoms with Crippen LogP contribution in [0.4, 0.5) is 4.39 Å². The lowest BCUT2D eigenvalue weighted by molar-refractivity contribution is 0.432. The molecule has 2 N–H and O–H groups in total. The van der Waals surface area contributed by atoms with Crippen molar-refractivity contribution in [1.82, 2.24) is 9.78 Å². The first kappa shape index (κ1) is 11.8. The van der Waals surface area contributed by atoms with Crippen LogP contribution in [-0.2, 0) is 0 Å². The zero-order chi connectivity index (χ0) is 13.6. The topological polar surface area (TPSA) is 58.3 Å². The molecule has 3 rings (SSSR count). The van der Waals surface area contributed by atoms with Gasteiger partial charge in [-0.25, -0.2) is 9.07 Å². The Bertz CT molecular complexity index is 786. The molecular weight excluding hydrogens is 271 g/mol. The van der Waals surface area contributed by atoms with Crippen molar-refractivity contribution in [2.75, 3.05) is 0 Å². The van der Waals surface area contributed by atoms with Gasteiger partial charge in [-0.15, -0.1) is 0 Å². The number of benzene rings is 2. The SMILES string of the molecule is Oc1ccc(-n2ncc3c(O)cc(Cl)cc32)cc1F. The normalized spacial score (nSPS) is 11.1. The van der Waals surface area contributed by atoms with E-state index in [9.17, 15) is 14.6 Å². The van der Waals surface area contributed by atoms with Crippen molar-refractivity contribution in [3.63, 3.8) is 0 Å². The molecule has 1 aromatic heterocycles. The van der Waals surface area contributed by atoms with Crippen LogP contribution in [0.5, 0.6) is 11.5 Å². The molecule has 0 unspecified atom stereocenters. The molecule has 0 spiro atoms. The predicted octanol–water partition coefficient (Wildman–Crippen LogP) is 3.23. The van der Waals surface area contributed by atoms with Crippen molar-refractivity contribution >= 4 is 22.5 Å². The molecule has 0 aliphatic rings. The molecule has 1 heterocycles. The zero-order valence-corrected chi connectivity index (χ0v) is 10.3. The Hall–Kier alpha value is -2.27. The standard InChI is InChI=1S/C13H8ClFN2O2/c14-7-3-11-9(13(19)4-7)6-16-17(11)8-1-2-12(18)10(15)5-8/h1-6,18-19H. The van der Waals surface area contributed by atoms with E-state index in [2.05, 4.69) is 5.10 Å². The summed E-state index contributed by atoms with van der Waals surface area (Å²) in [6, 6.07) is 6.94. The summed E-state index contributed by atoms with van der Waals surface area (Å²) in [6.45, 7) is 0. The summed E-state index contributed by atoms with van der Waals surface area (Å²) < 4.78 is 14.8. The van der Waals surface area contributed by atoms with Gasteiger partial charge in [0, 0.05) is 11.1 Å². The van der Waals surface area contributed by atoms with Gasteiger partial charge in [0.2, 0.25) is 0 Å². The van der Waals surface area contributed by atoms with Gasteiger partial charge >= 0.3 is 0 Å². The highest BCUT2D eigenvalue weighted by molar-refractivity contribution is 6.31. The predicted molar refractivity (Wildman–Crippen MR) is 69.4 cm³/mol. The number of phenols is 2. The molecule has 4 nitrogen and oxygen atoms in total. The number of halogens is 2. The second kappa shape index (κ2) is 4.13. The van der Waals surface area contributed by atoms with Crippen molar-refractivity contribution < 1.29 is 14.6 Å². The van der Waals surface area contributed by atoms with E-state index in [0.29, 0.717) is 21.6 Å². The Labute approximate surface area is 112 Å². The van der Waals surface area contributed by atoms with Crippen molar-refractivity contribution in [3.05, 3.63) is 47.4 Å². The highest BCUT2D eigenvalue weighted by atomic mass is 35.5. The van der Waals surface area contributed by atoms with Gasteiger partial charge in [-0.1, -0.05) is 11.6 Å². The van der Waals surface area contributed by atoms with Crippen molar-refractivity contribution in [2.24, 2.45) is 0 Å². The molecule has 0 radical (unpaired) electrons. The number of aromatic nitrogens is 2. The van der Waals surface area contributed by atoms with Crippen LogP contribution in [0.1, 0.15) is 0 Å². The fraction of sp³-hybridized carbons (Fsp3) is 0. The largest absolute Gasteiger partial charge is 0.507 e. The van der Waals surface area contributed by atoms with Gasteiger partial charge in [-0.2, -0.15) is 5.10 Å². The van der Waals surface area contributed by atoms with Gasteiger partial charge in [0.15, 0.2) is 11.6 Å². The van der Waals surface area contributed by atoms with Gasteiger partial charge in [0.05, 0.1) is 22.8 Å². The van der Waals surface area contributed by atoms with Crippen LogP contribution in [-0.4, -0.2) is 20.0 Å². The maximum Gasteiger partial charge on any atom is 0.166 e. The van der Waals surface area contributed by atoms with Gasteiger partial charge in [0.1, 0.15) is 5.75 Å². The van der Waals surface area contributed by atoms with E-state index in [-0.39, 0.29) is 5.75 Å². The maximum atomic E-state index is 13.4. The smallest absolute Gasteiger partial charge is 0.166 e. The van der Waals surface area contributed by atoms with Crippen LogP contribution < -0.4 is 0 Å². The molecule has 96 valence electrons. The second-order valence-corrected chi connectivity index (χ2v) is 4.49. The first-order valence-electron chi connectivity index (χ1n) is 5.41. The van der Waals surface area contributed by atoms with Crippen LogP contribution >= 0.6 is 11.6 Å². The summed E-state index contributed by atoms with van der Waals surface area (Å²) in [5.41, 5.74) is 0.974. The van der Waals surface area contributed by atoms with Gasteiger partial charge < -0.3 is 10.2 Å². The van der Waals surface area contributed by atoms with E-state index in [1.165, 1.54) is 29.1 Å². The van der Waals surface area contributed by atoms with Crippen molar-refractivity contribution in [1.29, 1.82) is 0 Å². The summed E-state index contributed by atoms with van der Waals surface area (Å²) in [6.07, 6.45) is 1.46. The first-order chi connectivity index (χ1) is 9.06. The summed E-state index contributed by atoms with van der Waals surface area (Å²) >= 11 is 5.88. The third-order valence-electron chi connectivity index (χ3n) is 2.81. The molecule has 0 amide bonds. The molecule has 3 aromatic rings. The van der Waals surface area contributed by atoms with E-state index in [1.807, 2.05) is 0 Å². The van der Waals surface area contributed by atoms with Crippen molar-refractivity contribution in [3.8, 4) is 17.2 Å². The lowest BCUT2D eigenvalue weighted by Crippen LogP contribution is -1.96. The summed E-state index contributed by atoms with van der Waals surface area (Å²) in [4.78, 5) is 0. The summed E-state index contributed by atoms with van der Waals surface area (Å²) in [5.74, 6) is -1.17. The Balaban J connectivity index is 2.28. The highest BCUT2D eigenvalue weighted by Gasteiger charge is 2.11. The number of hydrogen-bond donors (Lipinski definition) is 2. The Morgan fingerprint density at radius 2 is 1.89 bits per heavy atom. The molecule has 0 saturated heterocycles. The average molecular weight is 279 g/mol. The second-order valence-electron chi connectivity index (χ2n) is 4.05. The third kappa shape index (κ3) is 1.88. The Morgan fingerprint density at radius 1 is 1.11 bits per heavy atom. The number of hydrogen-bond acceptors (Lipinski definition) is 3. The molecular formula is C13H8ClFN2O2. The maximum absolute atomic E-state index is 13.4. The Morgan fingerprint density at radius 3 is 2.63 bits per heavy atom. The number of phenolic OH excluding ortho intramolecular Hbond substituents is 2. The molecule has 0 atom stereocenters. The molecule has 0 bridgehead atoms. The van der Waals surface area contributed by atoms with Crippen molar-refractivity contribution in [2.45, 2.75) is 0 Å². The fourth-order valence-electron chi connectivity index (χ4n) is 1.91. The van der Waals surface area contributed by atoms with Gasteiger partial charge in [-0.3, -0.25) is 0 Å². The van der Waals surface area contributed by atoms with E-state index < -0.39 is 11.6 Å². The highest BCUT2D eigenvalue weighted by Crippen LogP contribution is 2.30. The van der Waals surface area contributed by atoms with Gasteiger partial charge in [0.25, 0.3) is 0 Å². The van der Waals surface area contributed by atoms with E-state index in [4.69, 9.17) is 11.6 Å². The lowest BCUT2D eigenvalue weighted by atomic mass is 10.2. The molecule has 0 aliphatic carbocycles. The van der Waals surface area contributed by atoms with Crippen LogP contribution in [0.2, 0.25) is 5.02 Å². The number of rotatable bonds is 1. The molecule has 0 fully saturated rings. The third-order valence-corrected chi connectivity index (χ3v) is 3.03. The first-order valence-corrected chi connectivity index (χ1v) is 5.79. The minimum atomic E-state index is -0.743. The van der Waals surface area contributed by atoms with E-state index >= 15 is 0 Å². The molecule has 0 aliphatic heterocycles. The molecule has 0 saturated carbocycles. The molecule has 6 heteroatoms. The van der Waals surface area contributed by atoms with Crippen LogP contribution in [0.15, 0.2) is 36.5 Å². The average Bonchev–Trinajstić information content (AvgIpc) is 2.76. The van der Waals surface area contributed by atoms with Crippen LogP contribution in [0.3, 0.4) is 0 Å². The van der Waals surface area contributed by atoms with Gasteiger partial charge in [-0.05, 0) is 24.3 Å². The minimum absolute atomic E-state index is 0.00741. The van der Waals surface area contributed by atoms with E-state index in [1.54, 1.807) is 6.07 Å². The van der Waals surface area contributed by atoms with E-state index in [0.717, 1.165) is 6.07 Å². The lowest BCUT2D eigenvalue weighted by Gasteiger charge is -2.05. The Kier molecular flexibility index (Phi) is 2.57. The fourth-order valence-corrected chi connectivity index (χ4v) is 2.11. The molecule has 2 aromatic carbocycles.